The molecule has 1 unspecified atom stereocenters. The quantitative estimate of drug-likeness (QED) is 0.403. The van der Waals surface area contributed by atoms with Crippen molar-refractivity contribution in [2.24, 2.45) is 0 Å². The third kappa shape index (κ3) is 1.04. The molecule has 0 amide bonds. The zero-order valence-electron chi connectivity index (χ0n) is 4.41. The highest BCUT2D eigenvalue weighted by Gasteiger charge is 2.00. The van der Waals surface area contributed by atoms with Gasteiger partial charge in [0.2, 0.25) is 7.98 Å². The summed E-state index contributed by atoms with van der Waals surface area (Å²) in [5.41, 5.74) is 0.153. The van der Waals surface area contributed by atoms with Crippen LogP contribution in [0.4, 0.5) is 0 Å². The molecule has 1 rings (SSSR count). The van der Waals surface area contributed by atoms with Gasteiger partial charge in [-0.25, -0.2) is 0 Å². The van der Waals surface area contributed by atoms with Gasteiger partial charge >= 0.3 is 0 Å². The van der Waals surface area contributed by atoms with Crippen LogP contribution in [0.3, 0.4) is 0 Å². The van der Waals surface area contributed by atoms with Crippen molar-refractivity contribution in [3.8, 4) is 0 Å². The van der Waals surface area contributed by atoms with Gasteiger partial charge in [0.05, 0.1) is 10.2 Å². The summed E-state index contributed by atoms with van der Waals surface area (Å²) in [4.78, 5) is 1.58. The molecule has 0 fully saturated rings. The van der Waals surface area contributed by atoms with Crippen molar-refractivity contribution in [3.05, 3.63) is 24.4 Å². The van der Waals surface area contributed by atoms with Gasteiger partial charge in [0, 0.05) is 5.67 Å². The molecule has 1 aliphatic rings. The first kappa shape index (κ1) is 5.69. The van der Waals surface area contributed by atoms with E-state index in [0.717, 1.165) is 0 Å². The molecule has 5 radical (unpaired) electrons. The molecule has 0 aliphatic carbocycles. The summed E-state index contributed by atoms with van der Waals surface area (Å²) < 4.78 is 0. The number of allylic oxidation sites excluding steroid dienone is 2. The molecule has 0 saturated heterocycles. The van der Waals surface area contributed by atoms with Crippen molar-refractivity contribution in [2.75, 3.05) is 0 Å². The van der Waals surface area contributed by atoms with Gasteiger partial charge < -0.3 is 4.81 Å². The van der Waals surface area contributed by atoms with E-state index < -0.39 is 0 Å². The average Bonchev–Trinajstić information content (AvgIpc) is 1.77. The van der Waals surface area contributed by atoms with Crippen LogP contribution in [0, 0.1) is 0 Å². The zero-order valence-corrected chi connectivity index (χ0v) is 5.41. The van der Waals surface area contributed by atoms with Crippen molar-refractivity contribution in [3.63, 3.8) is 0 Å². The molecular weight excluding hydrogens is 113 g/mol. The van der Waals surface area contributed by atoms with Gasteiger partial charge in [-0.15, -0.1) is 0 Å². The second-order valence-electron chi connectivity index (χ2n) is 1.62. The number of rotatable bonds is 0. The molecular formula is C5H5BNSi. The predicted molar refractivity (Wildman–Crippen MR) is 35.4 cm³/mol. The molecule has 0 aromatic heterocycles. The summed E-state index contributed by atoms with van der Waals surface area (Å²) in [6.45, 7) is 0. The van der Waals surface area contributed by atoms with Crippen LogP contribution in [-0.4, -0.2) is 28.7 Å². The lowest BCUT2D eigenvalue weighted by atomic mass is 10.2. The van der Waals surface area contributed by atoms with E-state index in [1.807, 2.05) is 18.2 Å². The van der Waals surface area contributed by atoms with Crippen LogP contribution < -0.4 is 0 Å². The van der Waals surface area contributed by atoms with Crippen LogP contribution in [0.25, 0.3) is 0 Å². The Balaban J connectivity index is 2.59. The highest BCUT2D eigenvalue weighted by atomic mass is 28.1. The van der Waals surface area contributed by atoms with Crippen LogP contribution >= 0.6 is 0 Å². The SMILES string of the molecule is [B]N1C=CC=CC1[Si]. The third-order valence-corrected chi connectivity index (χ3v) is 1.47. The van der Waals surface area contributed by atoms with Gasteiger partial charge in [-0.3, -0.25) is 0 Å². The predicted octanol–water partition coefficient (Wildman–Crippen LogP) is -0.0500. The van der Waals surface area contributed by atoms with Crippen molar-refractivity contribution < 1.29 is 0 Å². The Morgan fingerprint density at radius 3 is 2.62 bits per heavy atom. The molecule has 3 heteroatoms. The number of nitrogens with zero attached hydrogens (tertiary/aromatic N) is 1. The van der Waals surface area contributed by atoms with E-state index in [1.165, 1.54) is 0 Å². The van der Waals surface area contributed by atoms with Gasteiger partial charge in [0.15, 0.2) is 0 Å². The molecule has 1 heterocycles. The van der Waals surface area contributed by atoms with E-state index in [9.17, 15) is 0 Å². The van der Waals surface area contributed by atoms with Gasteiger partial charge in [-0.1, -0.05) is 12.2 Å². The van der Waals surface area contributed by atoms with E-state index >= 15 is 0 Å². The first-order valence-electron chi connectivity index (χ1n) is 2.40. The van der Waals surface area contributed by atoms with Gasteiger partial charge in [0.1, 0.15) is 0 Å². The molecule has 0 aromatic carbocycles. The Labute approximate surface area is 53.9 Å². The zero-order chi connectivity index (χ0) is 5.98. The fourth-order valence-corrected chi connectivity index (χ4v) is 0.708. The maximum absolute atomic E-state index is 5.42. The Kier molecular flexibility index (Phi) is 1.58. The maximum atomic E-state index is 5.42. The minimum Gasteiger partial charge on any atom is -0.428 e. The summed E-state index contributed by atoms with van der Waals surface area (Å²) in [5.74, 6) is 0. The van der Waals surface area contributed by atoms with Crippen LogP contribution in [0.2, 0.25) is 0 Å². The lowest BCUT2D eigenvalue weighted by Crippen LogP contribution is -2.27. The van der Waals surface area contributed by atoms with E-state index in [-0.39, 0.29) is 5.67 Å². The minimum atomic E-state index is 0.153. The maximum Gasteiger partial charge on any atom is 0.226 e. The second kappa shape index (κ2) is 2.22. The molecule has 0 N–H and O–H groups in total. The van der Waals surface area contributed by atoms with Gasteiger partial charge in [0.25, 0.3) is 0 Å². The summed E-state index contributed by atoms with van der Waals surface area (Å²) in [7, 11) is 8.79. The molecule has 1 nitrogen and oxygen atoms in total. The van der Waals surface area contributed by atoms with E-state index in [0.29, 0.717) is 0 Å². The lowest BCUT2D eigenvalue weighted by molar-refractivity contribution is 0.617. The van der Waals surface area contributed by atoms with Crippen LogP contribution in [0.1, 0.15) is 0 Å². The molecule has 8 heavy (non-hydrogen) atoms. The van der Waals surface area contributed by atoms with Crippen LogP contribution in [0.15, 0.2) is 24.4 Å². The van der Waals surface area contributed by atoms with E-state index in [4.69, 9.17) is 7.98 Å². The second-order valence-corrected chi connectivity index (χ2v) is 2.21. The molecule has 1 atom stereocenters. The summed E-state index contributed by atoms with van der Waals surface area (Å²) >= 11 is 0. The molecule has 0 spiro atoms. The topological polar surface area (TPSA) is 3.24 Å². The first-order chi connectivity index (χ1) is 3.80. The van der Waals surface area contributed by atoms with Gasteiger partial charge in [-0.2, -0.15) is 0 Å². The van der Waals surface area contributed by atoms with Crippen LogP contribution in [-0.2, 0) is 0 Å². The molecule has 0 saturated carbocycles. The highest BCUT2D eigenvalue weighted by Crippen LogP contribution is 1.99. The Morgan fingerprint density at radius 2 is 2.25 bits per heavy atom. The average molecular weight is 118 g/mol. The Bertz CT molecular complexity index is 116. The summed E-state index contributed by atoms with van der Waals surface area (Å²) in [6, 6.07) is 0. The monoisotopic (exact) mass is 118 g/mol. The van der Waals surface area contributed by atoms with E-state index in [2.05, 4.69) is 10.2 Å². The normalized spacial score (nSPS) is 26.6. The smallest absolute Gasteiger partial charge is 0.226 e. The number of hydrogen-bond donors (Lipinski definition) is 0. The van der Waals surface area contributed by atoms with Crippen molar-refractivity contribution >= 4 is 18.2 Å². The molecule has 0 aromatic rings. The Hall–Kier alpha value is -0.438. The molecule has 1 aliphatic heterocycles. The van der Waals surface area contributed by atoms with Crippen LogP contribution in [0.5, 0.6) is 0 Å². The summed E-state index contributed by atoms with van der Waals surface area (Å²) in [5, 5.41) is 0. The van der Waals surface area contributed by atoms with E-state index in [1.54, 1.807) is 11.0 Å². The first-order valence-corrected chi connectivity index (χ1v) is 2.97. The minimum absolute atomic E-state index is 0.153. The van der Waals surface area contributed by atoms with Gasteiger partial charge in [-0.05, 0) is 12.3 Å². The third-order valence-electron chi connectivity index (χ3n) is 0.984. The standard InChI is InChI=1S/C5H5BNSi/c6-7-4-2-1-3-5(7)8/h1-5H. The molecule has 0 bridgehead atoms. The Morgan fingerprint density at radius 1 is 1.50 bits per heavy atom. The largest absolute Gasteiger partial charge is 0.428 e. The number of hydrogen-bond acceptors (Lipinski definition) is 1. The fourth-order valence-electron chi connectivity index (χ4n) is 0.511. The fraction of sp³-hybridized carbons (Fsp3) is 0.200. The van der Waals surface area contributed by atoms with Crippen molar-refractivity contribution in [1.82, 2.24) is 4.81 Å². The molecule has 37 valence electrons. The van der Waals surface area contributed by atoms with Crippen molar-refractivity contribution in [2.45, 2.75) is 5.67 Å². The highest BCUT2D eigenvalue weighted by molar-refractivity contribution is 6.18. The summed E-state index contributed by atoms with van der Waals surface area (Å²) in [6.07, 6.45) is 7.59. The lowest BCUT2D eigenvalue weighted by Gasteiger charge is -2.22. The van der Waals surface area contributed by atoms with Crippen molar-refractivity contribution in [1.29, 1.82) is 0 Å².